The van der Waals surface area contributed by atoms with Crippen LogP contribution in [0.25, 0.3) is 10.9 Å². The summed E-state index contributed by atoms with van der Waals surface area (Å²) in [6.07, 6.45) is 7.57. The van der Waals surface area contributed by atoms with Gasteiger partial charge in [-0.2, -0.15) is 16.9 Å². The van der Waals surface area contributed by atoms with Crippen molar-refractivity contribution in [1.29, 1.82) is 0 Å². The third-order valence-corrected chi connectivity index (χ3v) is 19.8. The van der Waals surface area contributed by atoms with E-state index in [-0.39, 0.29) is 75.1 Å². The molecule has 4 heterocycles. The molecule has 2 unspecified atom stereocenters. The lowest BCUT2D eigenvalue weighted by Crippen LogP contribution is -2.50. The number of hydrogen-bond acceptors (Lipinski definition) is 22. The van der Waals surface area contributed by atoms with Gasteiger partial charge in [-0.1, -0.05) is 62.8 Å². The fourth-order valence-corrected chi connectivity index (χ4v) is 12.9. The molecule has 31 nitrogen and oxygen atoms in total. The van der Waals surface area contributed by atoms with Gasteiger partial charge in [-0.15, -0.1) is 0 Å². The molecule has 0 saturated carbocycles. The largest absolute Gasteiger partial charge is 0.481 e. The van der Waals surface area contributed by atoms with Crippen LogP contribution in [0.1, 0.15) is 92.4 Å². The summed E-state index contributed by atoms with van der Waals surface area (Å²) >= 11 is 0.932. The van der Waals surface area contributed by atoms with Crippen molar-refractivity contribution in [2.24, 2.45) is 11.0 Å². The topological polar surface area (TPSA) is 394 Å². The summed E-state index contributed by atoms with van der Waals surface area (Å²) in [5.41, 5.74) is 5.79. The Morgan fingerprint density at radius 3 is 1.91 bits per heavy atom. The molecule has 8 N–H and O–H groups in total. The van der Waals surface area contributed by atoms with Crippen LogP contribution in [-0.4, -0.2) is 260 Å². The van der Waals surface area contributed by atoms with Crippen LogP contribution < -0.4 is 31.9 Å². The van der Waals surface area contributed by atoms with E-state index in [2.05, 4.69) is 61.5 Å². The minimum atomic E-state index is -1.54. The molecule has 0 saturated heterocycles. The predicted octanol–water partition coefficient (Wildman–Crippen LogP) is 5.96. The number of amides is 8. The number of pyridine rings is 2. The van der Waals surface area contributed by atoms with Crippen LogP contribution in [0.3, 0.4) is 0 Å². The van der Waals surface area contributed by atoms with Gasteiger partial charge < -0.3 is 89.6 Å². The number of unbranched alkanes of at least 4 members (excludes halogenated alkanes) is 4. The van der Waals surface area contributed by atoms with Crippen molar-refractivity contribution in [3.63, 3.8) is 0 Å². The molecule has 0 bridgehead atoms. The number of anilines is 1. The van der Waals surface area contributed by atoms with E-state index in [0.29, 0.717) is 168 Å². The van der Waals surface area contributed by atoms with E-state index >= 15 is 0 Å². The summed E-state index contributed by atoms with van der Waals surface area (Å²) in [5, 5.41) is 43.0. The average molecular weight is 1520 g/mol. The lowest BCUT2D eigenvalue weighted by molar-refractivity contribution is -0.141. The molecule has 584 valence electrons. The number of nitrogens with zero attached hydrogens (tertiary/aromatic N) is 5. The van der Waals surface area contributed by atoms with Gasteiger partial charge in [-0.25, -0.2) is 19.4 Å². The van der Waals surface area contributed by atoms with Crippen LogP contribution in [0.2, 0.25) is 25.7 Å². The molecule has 6 rings (SSSR count). The standard InChI is InChI=1S/C73H107N11O20SSi/c1-96-29-30-98-33-34-100-37-38-102-41-42-103-40-39-101-36-35-99-32-31-97-28-22-65(85)76-23-9-7-15-62(80-66(86)48-78-68(89)55(45-67(87)88)51-105-52-64(71(92)93)81-73(95)104-43-44-106(2,3)4)69(90)77-24-8-5-6-10-27-84-70(91)60(58-13-11-16-61-59(58)14-12-25-75-61)46-63(82-84)53-17-19-57(20-18-53)79-72(94)83-49-54-21-26-74-47-56(54)50-83/h11-14,16-21,25-26,47,55,60,62,64H,5-10,15,22-24,27-46,48-52H2,1-4H3,(H,76,85)(H,77,90)(H,78,89)(H,79,94)(H,80,86)(H,81,95)(H,87,88)(H,92,93)/t55?,60?,62-,64-/m0/s1. The van der Waals surface area contributed by atoms with E-state index in [0.717, 1.165) is 44.9 Å². The van der Waals surface area contributed by atoms with Crippen LogP contribution in [0.15, 0.2) is 84.4 Å². The molecular weight excluding hydrogens is 1410 g/mol. The SMILES string of the molecule is COCCOCCOCCOCCOCCOCCOCCOCCC(=O)NCCCC[C@H](NC(=O)CNC(=O)C(CSC[C@H](NC(=O)OCC[Si](C)(C)C)C(=O)O)CC(=O)O)C(=O)NCCCCCCN1N=C(c2ccc(NC(=O)N3Cc4ccncc4C3)cc2)CC(c2cccc3ncccc23)C1=O. The van der Waals surface area contributed by atoms with Crippen LogP contribution >= 0.6 is 11.8 Å². The van der Waals surface area contributed by atoms with Gasteiger partial charge in [-0.05, 0) is 90.7 Å². The molecule has 0 radical (unpaired) electrons. The van der Waals surface area contributed by atoms with Crippen molar-refractivity contribution < 1.29 is 96.0 Å². The second-order valence-electron chi connectivity index (χ2n) is 26.4. The Morgan fingerprint density at radius 2 is 1.26 bits per heavy atom. The monoisotopic (exact) mass is 1520 g/mol. The minimum absolute atomic E-state index is 0.102. The van der Waals surface area contributed by atoms with Gasteiger partial charge in [0.15, 0.2) is 0 Å². The van der Waals surface area contributed by atoms with Crippen molar-refractivity contribution >= 4 is 95.7 Å². The molecule has 0 spiro atoms. The van der Waals surface area contributed by atoms with Gasteiger partial charge in [0.2, 0.25) is 23.6 Å². The van der Waals surface area contributed by atoms with Crippen molar-refractivity contribution in [3.05, 3.63) is 102 Å². The quantitative estimate of drug-likeness (QED) is 0.0187. The van der Waals surface area contributed by atoms with E-state index in [1.54, 1.807) is 30.6 Å². The molecule has 4 atom stereocenters. The summed E-state index contributed by atoms with van der Waals surface area (Å²) in [4.78, 5) is 128. The summed E-state index contributed by atoms with van der Waals surface area (Å²) in [6, 6.07) is 16.9. The number of urea groups is 1. The number of carbonyl (C=O) groups is 9. The van der Waals surface area contributed by atoms with Crippen LogP contribution in [-0.2, 0) is 89.3 Å². The predicted molar refractivity (Wildman–Crippen MR) is 399 cm³/mol. The van der Waals surface area contributed by atoms with Gasteiger partial charge >= 0.3 is 24.1 Å². The van der Waals surface area contributed by atoms with Gasteiger partial charge in [-0.3, -0.25) is 38.7 Å². The first kappa shape index (κ1) is 86.7. The molecule has 106 heavy (non-hydrogen) atoms. The van der Waals surface area contributed by atoms with Crippen LogP contribution in [0.4, 0.5) is 15.3 Å². The highest BCUT2D eigenvalue weighted by Gasteiger charge is 2.34. The number of ether oxygens (including phenoxy) is 9. The van der Waals surface area contributed by atoms with Gasteiger partial charge in [0, 0.05) is 102 Å². The van der Waals surface area contributed by atoms with Gasteiger partial charge in [0.05, 0.1) is 142 Å². The third kappa shape index (κ3) is 34.1. The van der Waals surface area contributed by atoms with Crippen LogP contribution in [0.5, 0.6) is 0 Å². The number of nitrogens with one attached hydrogen (secondary N) is 6. The molecular formula is C73H107N11O20SSi. The Bertz CT molecular complexity index is 3380. The number of carbonyl (C=O) groups excluding carboxylic acids is 7. The summed E-state index contributed by atoms with van der Waals surface area (Å²) in [5.74, 6) is -7.21. The van der Waals surface area contributed by atoms with E-state index in [4.69, 9.17) is 47.7 Å². The summed E-state index contributed by atoms with van der Waals surface area (Å²) in [6.45, 7) is 13.8. The fraction of sp³-hybridized carbons (Fsp3) is 0.589. The first-order valence-corrected chi connectivity index (χ1v) is 41.1. The Kier molecular flexibility index (Phi) is 40.5. The highest BCUT2D eigenvalue weighted by Crippen LogP contribution is 2.34. The summed E-state index contributed by atoms with van der Waals surface area (Å²) < 4.78 is 48.5. The molecule has 8 amide bonds. The Labute approximate surface area is 624 Å². The van der Waals surface area contributed by atoms with Crippen molar-refractivity contribution in [1.82, 2.24) is 46.5 Å². The first-order chi connectivity index (χ1) is 51.3. The van der Waals surface area contributed by atoms with E-state index in [1.165, 1.54) is 5.01 Å². The van der Waals surface area contributed by atoms with Crippen molar-refractivity contribution in [2.45, 2.75) is 121 Å². The number of aliphatic carboxylic acids is 2. The number of aromatic nitrogens is 2. The molecule has 2 aliphatic rings. The first-order valence-electron chi connectivity index (χ1n) is 36.2. The highest BCUT2D eigenvalue weighted by molar-refractivity contribution is 7.99. The number of fused-ring (bicyclic) bond motifs is 2. The normalized spacial score (nSPS) is 14.4. The maximum atomic E-state index is 14.5. The molecule has 2 aliphatic heterocycles. The number of thioether (sulfide) groups is 1. The zero-order valence-corrected chi connectivity index (χ0v) is 63.3. The second kappa shape index (κ2) is 49.6. The van der Waals surface area contributed by atoms with E-state index in [1.807, 2.05) is 60.7 Å². The van der Waals surface area contributed by atoms with Crippen LogP contribution in [0, 0.1) is 5.92 Å². The number of hydrazone groups is 1. The highest BCUT2D eigenvalue weighted by atomic mass is 32.2. The number of carboxylic acid groups (broad SMARTS) is 2. The number of rotatable bonds is 55. The van der Waals surface area contributed by atoms with E-state index < -0.39 is 80.7 Å². The molecule has 4 aromatic rings. The molecule has 33 heteroatoms. The lowest BCUT2D eigenvalue weighted by Gasteiger charge is -2.30. The number of hydrogen-bond donors (Lipinski definition) is 8. The number of alkyl carbamates (subject to hydrolysis) is 1. The van der Waals surface area contributed by atoms with E-state index in [9.17, 15) is 53.4 Å². The average Bonchev–Trinajstić information content (AvgIpc) is 0.863. The fourth-order valence-electron chi connectivity index (χ4n) is 11.0. The van der Waals surface area contributed by atoms with Gasteiger partial charge in [0.1, 0.15) is 12.1 Å². The summed E-state index contributed by atoms with van der Waals surface area (Å²) in [7, 11) is 0.0815. The molecule has 0 aliphatic carbocycles. The number of methoxy groups -OCH3 is 1. The lowest BCUT2D eigenvalue weighted by atomic mass is 9.86. The number of benzene rings is 2. The molecule has 0 fully saturated rings. The minimum Gasteiger partial charge on any atom is -0.481 e. The Balaban J connectivity index is 0.939. The Hall–Kier alpha value is -8.25. The zero-order valence-electron chi connectivity index (χ0n) is 61.5. The van der Waals surface area contributed by atoms with Crippen molar-refractivity contribution in [2.75, 3.05) is 156 Å². The maximum Gasteiger partial charge on any atom is 0.407 e. The molecule has 2 aromatic heterocycles. The molecule has 2 aromatic carbocycles. The number of carboxylic acids is 2. The smallest absolute Gasteiger partial charge is 0.407 e. The zero-order chi connectivity index (χ0) is 76.2. The second-order valence-corrected chi connectivity index (χ2v) is 33.1. The van der Waals surface area contributed by atoms with Gasteiger partial charge in [0.25, 0.3) is 5.91 Å². The van der Waals surface area contributed by atoms with Crippen molar-refractivity contribution in [3.8, 4) is 0 Å². The maximum absolute atomic E-state index is 14.5. The Morgan fingerprint density at radius 1 is 0.632 bits per heavy atom. The third-order valence-electron chi connectivity index (χ3n) is 16.9.